The number of benzene rings is 1. The predicted molar refractivity (Wildman–Crippen MR) is 130 cm³/mol. The molecule has 2 rings (SSSR count). The van der Waals surface area contributed by atoms with Crippen molar-refractivity contribution in [3.8, 4) is 0 Å². The third kappa shape index (κ3) is 11.4. The number of rotatable bonds is 10. The van der Waals surface area contributed by atoms with Crippen molar-refractivity contribution in [1.82, 2.24) is 15.5 Å². The van der Waals surface area contributed by atoms with E-state index in [2.05, 4.69) is 27.8 Å². The van der Waals surface area contributed by atoms with E-state index < -0.39 is 0 Å². The van der Waals surface area contributed by atoms with Crippen molar-refractivity contribution < 1.29 is 9.53 Å². The molecule has 0 radical (unpaired) electrons. The van der Waals surface area contributed by atoms with Crippen LogP contribution in [0.3, 0.4) is 0 Å². The number of carbonyl (C=O) groups excluding carboxylic acids is 1. The van der Waals surface area contributed by atoms with Gasteiger partial charge in [-0.2, -0.15) is 0 Å². The molecule has 29 heavy (non-hydrogen) atoms. The molecule has 1 aliphatic rings. The van der Waals surface area contributed by atoms with Gasteiger partial charge in [-0.25, -0.2) is 4.99 Å². The van der Waals surface area contributed by atoms with E-state index in [9.17, 15) is 4.79 Å². The summed E-state index contributed by atoms with van der Waals surface area (Å²) < 4.78 is 5.97. The number of guanidine groups is 1. The SMILES string of the molecule is CN(C)C(=O)CN=C(NCCCOC1CCCCC1)NCCc1ccccc1.I. The largest absolute Gasteiger partial charge is 0.378 e. The molecule has 7 heteroatoms. The van der Waals surface area contributed by atoms with E-state index in [0.717, 1.165) is 32.5 Å². The van der Waals surface area contributed by atoms with E-state index in [1.165, 1.54) is 37.7 Å². The first kappa shape index (κ1) is 25.7. The van der Waals surface area contributed by atoms with Crippen molar-refractivity contribution in [2.24, 2.45) is 4.99 Å². The van der Waals surface area contributed by atoms with Crippen molar-refractivity contribution in [1.29, 1.82) is 0 Å². The van der Waals surface area contributed by atoms with Crippen LogP contribution in [0.5, 0.6) is 0 Å². The molecule has 6 nitrogen and oxygen atoms in total. The van der Waals surface area contributed by atoms with Crippen LogP contribution < -0.4 is 10.6 Å². The Morgan fingerprint density at radius 3 is 2.48 bits per heavy atom. The molecule has 0 unspecified atom stereocenters. The number of carbonyl (C=O) groups is 1. The summed E-state index contributed by atoms with van der Waals surface area (Å²) in [5.41, 5.74) is 1.28. The molecule has 2 N–H and O–H groups in total. The van der Waals surface area contributed by atoms with E-state index >= 15 is 0 Å². The van der Waals surface area contributed by atoms with Crippen LogP contribution in [0, 0.1) is 0 Å². The van der Waals surface area contributed by atoms with Gasteiger partial charge >= 0.3 is 0 Å². The Bertz CT molecular complexity index is 590. The molecular formula is C22H37IN4O2. The van der Waals surface area contributed by atoms with Gasteiger partial charge in [0.1, 0.15) is 6.54 Å². The van der Waals surface area contributed by atoms with Gasteiger partial charge in [0, 0.05) is 33.8 Å². The molecule has 0 aliphatic heterocycles. The van der Waals surface area contributed by atoms with Gasteiger partial charge in [-0.15, -0.1) is 24.0 Å². The highest BCUT2D eigenvalue weighted by Crippen LogP contribution is 2.20. The van der Waals surface area contributed by atoms with Crippen molar-refractivity contribution in [3.05, 3.63) is 35.9 Å². The molecule has 0 aromatic heterocycles. The van der Waals surface area contributed by atoms with Gasteiger partial charge in [-0.1, -0.05) is 49.6 Å². The number of nitrogens with zero attached hydrogens (tertiary/aromatic N) is 2. The first-order chi connectivity index (χ1) is 13.6. The number of hydrogen-bond donors (Lipinski definition) is 2. The maximum atomic E-state index is 11.8. The Balaban J connectivity index is 0.00000420. The summed E-state index contributed by atoms with van der Waals surface area (Å²) in [6, 6.07) is 10.3. The molecule has 0 bridgehead atoms. The predicted octanol–water partition coefficient (Wildman–Crippen LogP) is 3.21. The molecule has 1 aromatic rings. The van der Waals surface area contributed by atoms with Crippen molar-refractivity contribution in [2.75, 3.05) is 40.3 Å². The molecule has 1 amide bonds. The smallest absolute Gasteiger partial charge is 0.243 e. The zero-order valence-electron chi connectivity index (χ0n) is 17.9. The average Bonchev–Trinajstić information content (AvgIpc) is 2.72. The summed E-state index contributed by atoms with van der Waals surface area (Å²) >= 11 is 0. The third-order valence-corrected chi connectivity index (χ3v) is 4.94. The summed E-state index contributed by atoms with van der Waals surface area (Å²) in [4.78, 5) is 17.8. The molecule has 164 valence electrons. The zero-order valence-corrected chi connectivity index (χ0v) is 20.2. The van der Waals surface area contributed by atoms with E-state index in [-0.39, 0.29) is 36.4 Å². The molecule has 0 heterocycles. The van der Waals surface area contributed by atoms with E-state index in [1.807, 2.05) is 18.2 Å². The van der Waals surface area contributed by atoms with Gasteiger partial charge < -0.3 is 20.3 Å². The van der Waals surface area contributed by atoms with E-state index in [4.69, 9.17) is 4.74 Å². The fourth-order valence-corrected chi connectivity index (χ4v) is 3.19. The summed E-state index contributed by atoms with van der Waals surface area (Å²) in [6.45, 7) is 2.46. The summed E-state index contributed by atoms with van der Waals surface area (Å²) in [6.07, 6.45) is 8.63. The van der Waals surface area contributed by atoms with Gasteiger partial charge in [0.25, 0.3) is 0 Å². The number of likely N-dealkylation sites (N-methyl/N-ethyl adjacent to an activating group) is 1. The number of nitrogens with one attached hydrogen (secondary N) is 2. The highest BCUT2D eigenvalue weighted by Gasteiger charge is 2.13. The van der Waals surface area contributed by atoms with Gasteiger partial charge in [-0.3, -0.25) is 4.79 Å². The van der Waals surface area contributed by atoms with Crippen molar-refractivity contribution in [2.45, 2.75) is 51.0 Å². The third-order valence-electron chi connectivity index (χ3n) is 4.94. The zero-order chi connectivity index (χ0) is 20.0. The molecule has 0 spiro atoms. The Labute approximate surface area is 192 Å². The van der Waals surface area contributed by atoms with Crippen LogP contribution >= 0.6 is 24.0 Å². The van der Waals surface area contributed by atoms with Crippen LogP contribution in [0.1, 0.15) is 44.1 Å². The summed E-state index contributed by atoms with van der Waals surface area (Å²) in [5, 5.41) is 6.66. The van der Waals surface area contributed by atoms with Crippen LogP contribution in [-0.4, -0.2) is 63.2 Å². The molecule has 1 aromatic carbocycles. The number of hydrogen-bond acceptors (Lipinski definition) is 3. The number of halogens is 1. The second-order valence-corrected chi connectivity index (χ2v) is 7.53. The fourth-order valence-electron chi connectivity index (χ4n) is 3.19. The lowest BCUT2D eigenvalue weighted by atomic mass is 9.98. The van der Waals surface area contributed by atoms with Crippen molar-refractivity contribution >= 4 is 35.8 Å². The summed E-state index contributed by atoms with van der Waals surface area (Å²) in [7, 11) is 3.49. The molecule has 1 saturated carbocycles. The molecule has 0 saturated heterocycles. The molecule has 1 fully saturated rings. The van der Waals surface area contributed by atoms with Gasteiger partial charge in [0.2, 0.25) is 5.91 Å². The second-order valence-electron chi connectivity index (χ2n) is 7.53. The second kappa shape index (κ2) is 15.5. The fraction of sp³-hybridized carbons (Fsp3) is 0.636. The van der Waals surface area contributed by atoms with Crippen LogP contribution in [-0.2, 0) is 16.0 Å². The van der Waals surface area contributed by atoms with Crippen LogP contribution in [0.4, 0.5) is 0 Å². The number of ether oxygens (including phenoxy) is 1. The van der Waals surface area contributed by atoms with E-state index in [0.29, 0.717) is 12.1 Å². The van der Waals surface area contributed by atoms with Crippen LogP contribution in [0.2, 0.25) is 0 Å². The normalized spacial score (nSPS) is 14.8. The minimum Gasteiger partial charge on any atom is -0.378 e. The van der Waals surface area contributed by atoms with Gasteiger partial charge in [0.05, 0.1) is 6.10 Å². The van der Waals surface area contributed by atoms with E-state index in [1.54, 1.807) is 19.0 Å². The van der Waals surface area contributed by atoms with Gasteiger partial charge in [0.15, 0.2) is 5.96 Å². The highest BCUT2D eigenvalue weighted by molar-refractivity contribution is 14.0. The Kier molecular flexibility index (Phi) is 13.7. The molecule has 1 aliphatic carbocycles. The first-order valence-corrected chi connectivity index (χ1v) is 10.5. The lowest BCUT2D eigenvalue weighted by Crippen LogP contribution is -2.40. The Morgan fingerprint density at radius 1 is 1.10 bits per heavy atom. The minimum atomic E-state index is -0.00945. The standard InChI is InChI=1S/C22H36N4O2.HI/c1-26(2)21(27)18-25-22(24-16-14-19-10-5-3-6-11-19)23-15-9-17-28-20-12-7-4-8-13-20;/h3,5-6,10-11,20H,4,7-9,12-18H2,1-2H3,(H2,23,24,25);1H. The Hall–Kier alpha value is -1.35. The van der Waals surface area contributed by atoms with Crippen molar-refractivity contribution in [3.63, 3.8) is 0 Å². The van der Waals surface area contributed by atoms with Gasteiger partial charge in [-0.05, 0) is 31.2 Å². The topological polar surface area (TPSA) is 66.0 Å². The minimum absolute atomic E-state index is 0. The maximum absolute atomic E-state index is 11.8. The lowest BCUT2D eigenvalue weighted by molar-refractivity contribution is -0.127. The van der Waals surface area contributed by atoms with Crippen LogP contribution in [0.25, 0.3) is 0 Å². The average molecular weight is 516 g/mol. The Morgan fingerprint density at radius 2 is 1.79 bits per heavy atom. The lowest BCUT2D eigenvalue weighted by Gasteiger charge is -2.22. The molecular weight excluding hydrogens is 479 g/mol. The maximum Gasteiger partial charge on any atom is 0.243 e. The highest BCUT2D eigenvalue weighted by atomic mass is 127. The number of amides is 1. The number of aliphatic imine (C=N–C) groups is 1. The quantitative estimate of drug-likeness (QED) is 0.217. The first-order valence-electron chi connectivity index (χ1n) is 10.5. The monoisotopic (exact) mass is 516 g/mol. The molecule has 0 atom stereocenters. The van der Waals surface area contributed by atoms with Crippen LogP contribution in [0.15, 0.2) is 35.3 Å². The summed E-state index contributed by atoms with van der Waals surface area (Å²) in [5.74, 6) is 0.675.